The number of pyridine rings is 1. The summed E-state index contributed by atoms with van der Waals surface area (Å²) < 4.78 is 40.4. The Morgan fingerprint density at radius 2 is 1.44 bits per heavy atom. The standard InChI is InChI=1S/C24H17F3N8O/c25-24(26,27)22-34-33-21-19(11-6-14-35(21)22)28-17-9-4-5-10-18(17)29-23(36)30-20-13-12-16(31-32-20)15-7-2-1-3-8-15/h1-14,28H,(H2,29,30,32,36). The number of hydrogen-bond acceptors (Lipinski definition) is 6. The summed E-state index contributed by atoms with van der Waals surface area (Å²) in [4.78, 5) is 12.6. The summed E-state index contributed by atoms with van der Waals surface area (Å²) in [7, 11) is 0. The van der Waals surface area contributed by atoms with E-state index in [-0.39, 0.29) is 17.2 Å². The maximum Gasteiger partial charge on any atom is 0.452 e. The number of carbonyl (C=O) groups excluding carboxylic acids is 1. The van der Waals surface area contributed by atoms with Crippen molar-refractivity contribution in [3.63, 3.8) is 0 Å². The van der Waals surface area contributed by atoms with Gasteiger partial charge >= 0.3 is 12.2 Å². The van der Waals surface area contributed by atoms with Gasteiger partial charge in [-0.25, -0.2) is 4.79 Å². The lowest BCUT2D eigenvalue weighted by atomic mass is 10.1. The highest BCUT2D eigenvalue weighted by atomic mass is 19.4. The predicted molar refractivity (Wildman–Crippen MR) is 128 cm³/mol. The predicted octanol–water partition coefficient (Wildman–Crippen LogP) is 5.59. The molecule has 0 aliphatic carbocycles. The van der Waals surface area contributed by atoms with Crippen LogP contribution in [0.3, 0.4) is 0 Å². The molecule has 0 spiro atoms. The van der Waals surface area contributed by atoms with E-state index >= 15 is 0 Å². The highest BCUT2D eigenvalue weighted by Gasteiger charge is 2.37. The van der Waals surface area contributed by atoms with Crippen molar-refractivity contribution >= 4 is 34.6 Å². The van der Waals surface area contributed by atoms with Crippen molar-refractivity contribution in [1.82, 2.24) is 24.8 Å². The van der Waals surface area contributed by atoms with Crippen LogP contribution in [0.5, 0.6) is 0 Å². The zero-order chi connectivity index (χ0) is 25.1. The van der Waals surface area contributed by atoms with Gasteiger partial charge in [-0.1, -0.05) is 42.5 Å². The number of fused-ring (bicyclic) bond motifs is 1. The third-order valence-electron chi connectivity index (χ3n) is 5.11. The van der Waals surface area contributed by atoms with Crippen molar-refractivity contribution in [3.8, 4) is 11.3 Å². The van der Waals surface area contributed by atoms with Crippen LogP contribution in [-0.4, -0.2) is 30.8 Å². The number of nitrogens with one attached hydrogen (secondary N) is 3. The molecular formula is C24H17F3N8O. The molecule has 0 aliphatic heterocycles. The Labute approximate surface area is 202 Å². The first-order chi connectivity index (χ1) is 17.4. The maximum atomic E-state index is 13.2. The smallest absolute Gasteiger partial charge is 0.351 e. The number of hydrogen-bond donors (Lipinski definition) is 3. The van der Waals surface area contributed by atoms with E-state index in [9.17, 15) is 18.0 Å². The van der Waals surface area contributed by atoms with Crippen molar-refractivity contribution in [2.45, 2.75) is 6.18 Å². The molecule has 5 aromatic rings. The molecule has 36 heavy (non-hydrogen) atoms. The van der Waals surface area contributed by atoms with Gasteiger partial charge in [0.2, 0.25) is 5.82 Å². The SMILES string of the molecule is O=C(Nc1ccc(-c2ccccc2)nn1)Nc1ccccc1Nc1cccn2c(C(F)(F)F)nnc12. The zero-order valence-electron chi connectivity index (χ0n) is 18.4. The summed E-state index contributed by atoms with van der Waals surface area (Å²) in [6.45, 7) is 0. The fraction of sp³-hybridized carbons (Fsp3) is 0.0417. The molecule has 2 amide bonds. The minimum Gasteiger partial charge on any atom is -0.351 e. The molecule has 0 saturated carbocycles. The topological polar surface area (TPSA) is 109 Å². The molecule has 0 aliphatic rings. The van der Waals surface area contributed by atoms with Crippen molar-refractivity contribution in [2.75, 3.05) is 16.0 Å². The number of alkyl halides is 3. The second-order valence-corrected chi connectivity index (χ2v) is 7.56. The number of nitrogens with zero attached hydrogens (tertiary/aromatic N) is 5. The van der Waals surface area contributed by atoms with E-state index in [1.165, 1.54) is 12.3 Å². The Bertz CT molecular complexity index is 1520. The van der Waals surface area contributed by atoms with Crippen LogP contribution >= 0.6 is 0 Å². The second kappa shape index (κ2) is 9.33. The van der Waals surface area contributed by atoms with Crippen molar-refractivity contribution in [3.05, 3.63) is 90.9 Å². The first-order valence-electron chi connectivity index (χ1n) is 10.6. The van der Waals surface area contributed by atoms with Crippen LogP contribution in [0, 0.1) is 0 Å². The lowest BCUT2D eigenvalue weighted by molar-refractivity contribution is -0.145. The van der Waals surface area contributed by atoms with Crippen molar-refractivity contribution in [2.24, 2.45) is 0 Å². The van der Waals surface area contributed by atoms with Gasteiger partial charge in [-0.05, 0) is 36.4 Å². The number of urea groups is 1. The molecule has 9 nitrogen and oxygen atoms in total. The van der Waals surface area contributed by atoms with E-state index in [1.807, 2.05) is 30.3 Å². The summed E-state index contributed by atoms with van der Waals surface area (Å²) in [5.74, 6) is -0.892. The van der Waals surface area contributed by atoms with E-state index in [4.69, 9.17) is 0 Å². The van der Waals surface area contributed by atoms with Gasteiger partial charge in [-0.2, -0.15) is 13.2 Å². The second-order valence-electron chi connectivity index (χ2n) is 7.56. The molecule has 0 radical (unpaired) electrons. The van der Waals surface area contributed by atoms with Gasteiger partial charge < -0.3 is 10.6 Å². The highest BCUT2D eigenvalue weighted by Crippen LogP contribution is 2.31. The van der Waals surface area contributed by atoms with Gasteiger partial charge in [0.1, 0.15) is 0 Å². The molecule has 5 rings (SSSR count). The van der Waals surface area contributed by atoms with Crippen LogP contribution in [0.4, 0.5) is 40.8 Å². The summed E-state index contributed by atoms with van der Waals surface area (Å²) in [5, 5.41) is 23.4. The first-order valence-corrected chi connectivity index (χ1v) is 10.6. The third-order valence-corrected chi connectivity index (χ3v) is 5.11. The Hall–Kier alpha value is -5.00. The van der Waals surface area contributed by atoms with Crippen LogP contribution in [0.1, 0.15) is 5.82 Å². The number of halogens is 3. The molecule has 0 saturated heterocycles. The van der Waals surface area contributed by atoms with Crippen molar-refractivity contribution < 1.29 is 18.0 Å². The lowest BCUT2D eigenvalue weighted by Gasteiger charge is -2.14. The molecule has 0 unspecified atom stereocenters. The van der Waals surface area contributed by atoms with E-state index < -0.39 is 18.0 Å². The maximum absolute atomic E-state index is 13.2. The Kier molecular flexibility index (Phi) is 5.90. The van der Waals surface area contributed by atoms with Gasteiger partial charge in [0, 0.05) is 11.8 Å². The molecule has 12 heteroatoms. The largest absolute Gasteiger partial charge is 0.452 e. The molecular weight excluding hydrogens is 473 g/mol. The van der Waals surface area contributed by atoms with Crippen LogP contribution in [0.15, 0.2) is 85.1 Å². The normalized spacial score (nSPS) is 11.3. The average Bonchev–Trinajstić information content (AvgIpc) is 3.32. The molecule has 180 valence electrons. The van der Waals surface area contributed by atoms with E-state index in [1.54, 1.807) is 42.5 Å². The Morgan fingerprint density at radius 3 is 2.17 bits per heavy atom. The van der Waals surface area contributed by atoms with Crippen LogP contribution in [-0.2, 0) is 6.18 Å². The fourth-order valence-electron chi connectivity index (χ4n) is 3.48. The van der Waals surface area contributed by atoms with Gasteiger partial charge in [0.05, 0.1) is 22.8 Å². The van der Waals surface area contributed by atoms with Crippen LogP contribution in [0.2, 0.25) is 0 Å². The van der Waals surface area contributed by atoms with Gasteiger partial charge in [0.15, 0.2) is 11.5 Å². The minimum atomic E-state index is -4.65. The summed E-state index contributed by atoms with van der Waals surface area (Å²) in [6.07, 6.45) is -3.43. The summed E-state index contributed by atoms with van der Waals surface area (Å²) in [6, 6.07) is 22.0. The fourth-order valence-corrected chi connectivity index (χ4v) is 3.48. The molecule has 0 bridgehead atoms. The molecule has 3 N–H and O–H groups in total. The number of carbonyl (C=O) groups is 1. The van der Waals surface area contributed by atoms with Crippen molar-refractivity contribution in [1.29, 1.82) is 0 Å². The van der Waals surface area contributed by atoms with E-state index in [0.29, 0.717) is 17.1 Å². The molecule has 3 aromatic heterocycles. The number of rotatable bonds is 5. The zero-order valence-corrected chi connectivity index (χ0v) is 18.4. The number of benzene rings is 2. The van der Waals surface area contributed by atoms with Gasteiger partial charge in [0.25, 0.3) is 0 Å². The third kappa shape index (κ3) is 4.78. The monoisotopic (exact) mass is 490 g/mol. The lowest BCUT2D eigenvalue weighted by Crippen LogP contribution is -2.21. The summed E-state index contributed by atoms with van der Waals surface area (Å²) >= 11 is 0. The number of amides is 2. The summed E-state index contributed by atoms with van der Waals surface area (Å²) in [5.41, 5.74) is 2.62. The quantitative estimate of drug-likeness (QED) is 0.296. The van der Waals surface area contributed by atoms with Crippen LogP contribution < -0.4 is 16.0 Å². The van der Waals surface area contributed by atoms with Gasteiger partial charge in [-0.3, -0.25) is 9.72 Å². The first kappa shape index (κ1) is 22.8. The number of aromatic nitrogens is 5. The van der Waals surface area contributed by atoms with E-state index in [0.717, 1.165) is 9.96 Å². The highest BCUT2D eigenvalue weighted by molar-refractivity contribution is 6.01. The minimum absolute atomic E-state index is 0.0159. The van der Waals surface area contributed by atoms with E-state index in [2.05, 4.69) is 36.3 Å². The number of para-hydroxylation sites is 2. The van der Waals surface area contributed by atoms with Crippen LogP contribution in [0.25, 0.3) is 16.9 Å². The molecule has 2 aromatic carbocycles. The van der Waals surface area contributed by atoms with Gasteiger partial charge in [-0.15, -0.1) is 20.4 Å². The molecule has 0 atom stereocenters. The molecule has 0 fully saturated rings. The Balaban J connectivity index is 1.32. The molecule has 3 heterocycles. The Morgan fingerprint density at radius 1 is 0.722 bits per heavy atom. The average molecular weight is 490 g/mol. The number of anilines is 4.